The smallest absolute Gasteiger partial charge is 0.408 e. The van der Waals surface area contributed by atoms with Crippen LogP contribution in [-0.2, 0) is 19.4 Å². The minimum atomic E-state index is -3.50. The molecule has 0 fully saturated rings. The molecule has 0 aliphatic carbocycles. The van der Waals surface area contributed by atoms with Gasteiger partial charge in [-0.2, -0.15) is 11.3 Å². The molecule has 1 unspecified atom stereocenters. The number of carbonyl (C=O) groups excluding carboxylic acids is 2. The molecule has 2 aromatic rings. The van der Waals surface area contributed by atoms with E-state index in [0.717, 1.165) is 5.56 Å². The van der Waals surface area contributed by atoms with Crippen LogP contribution < -0.4 is 10.5 Å². The van der Waals surface area contributed by atoms with Gasteiger partial charge >= 0.3 is 6.09 Å². The van der Waals surface area contributed by atoms with E-state index in [9.17, 15) is 13.8 Å². The van der Waals surface area contributed by atoms with Gasteiger partial charge in [-0.15, -0.1) is 4.36 Å². The van der Waals surface area contributed by atoms with Crippen molar-refractivity contribution in [3.05, 3.63) is 41.1 Å². The topological polar surface area (TPSA) is 111 Å². The predicted octanol–water partition coefficient (Wildman–Crippen LogP) is 4.58. The summed E-state index contributed by atoms with van der Waals surface area (Å²) in [6.07, 6.45) is -0.424. The number of benzene rings is 1. The molecule has 0 saturated carbocycles. The van der Waals surface area contributed by atoms with E-state index in [2.05, 4.69) is 9.68 Å². The molecule has 2 amide bonds. The van der Waals surface area contributed by atoms with Crippen molar-refractivity contribution in [2.75, 3.05) is 0 Å². The van der Waals surface area contributed by atoms with Gasteiger partial charge in [0.2, 0.25) is 0 Å². The second kappa shape index (κ2) is 9.72. The van der Waals surface area contributed by atoms with E-state index in [0.29, 0.717) is 16.9 Å². The zero-order valence-corrected chi connectivity index (χ0v) is 19.5. The van der Waals surface area contributed by atoms with Crippen LogP contribution >= 0.6 is 11.3 Å². The average molecular weight is 452 g/mol. The molecule has 3 N–H and O–H groups in total. The van der Waals surface area contributed by atoms with Crippen LogP contribution in [0.25, 0.3) is 11.1 Å². The number of thiophene rings is 1. The van der Waals surface area contributed by atoms with Crippen molar-refractivity contribution in [2.24, 2.45) is 15.4 Å². The molecule has 0 spiro atoms. The van der Waals surface area contributed by atoms with E-state index in [1.807, 2.05) is 49.6 Å². The monoisotopic (exact) mass is 451 g/mol. The Morgan fingerprint density at radius 1 is 1.20 bits per heavy atom. The van der Waals surface area contributed by atoms with Crippen molar-refractivity contribution in [3.63, 3.8) is 0 Å². The number of nitrogens with one attached hydrogen (secondary N) is 1. The molecule has 1 aromatic heterocycles. The average Bonchev–Trinajstić information content (AvgIpc) is 3.10. The zero-order valence-electron chi connectivity index (χ0n) is 17.9. The number of nitrogens with zero attached hydrogens (tertiary/aromatic N) is 1. The number of ether oxygens (including phenoxy) is 1. The lowest BCUT2D eigenvalue weighted by Crippen LogP contribution is -2.44. The molecule has 9 heteroatoms. The Balaban J connectivity index is 2.33. The summed E-state index contributed by atoms with van der Waals surface area (Å²) in [5.74, 6) is -0.661. The van der Waals surface area contributed by atoms with Crippen LogP contribution in [-0.4, -0.2) is 27.9 Å². The van der Waals surface area contributed by atoms with Gasteiger partial charge in [-0.1, -0.05) is 44.2 Å². The van der Waals surface area contributed by atoms with Gasteiger partial charge in [0.25, 0.3) is 5.91 Å². The number of hydrogen-bond donors (Lipinski definition) is 2. The Morgan fingerprint density at radius 2 is 1.83 bits per heavy atom. The fourth-order valence-corrected chi connectivity index (χ4v) is 5.22. The number of amides is 2. The highest BCUT2D eigenvalue weighted by atomic mass is 32.2. The maximum atomic E-state index is 13.2. The normalized spacial score (nSPS) is 14.6. The first-order chi connectivity index (χ1) is 13.9. The van der Waals surface area contributed by atoms with Crippen LogP contribution in [0.3, 0.4) is 0 Å². The Bertz CT molecular complexity index is 1000. The summed E-state index contributed by atoms with van der Waals surface area (Å²) in [7, 11) is -3.50. The van der Waals surface area contributed by atoms with Crippen molar-refractivity contribution in [1.29, 1.82) is 0 Å². The van der Waals surface area contributed by atoms with Gasteiger partial charge in [0.1, 0.15) is 21.6 Å². The second-order valence-electron chi connectivity index (χ2n) is 8.34. The van der Waals surface area contributed by atoms with E-state index >= 15 is 0 Å². The third kappa shape index (κ3) is 6.93. The quantitative estimate of drug-likeness (QED) is 0.669. The Hall–Kier alpha value is -2.23. The first-order valence-corrected chi connectivity index (χ1v) is 12.1. The van der Waals surface area contributed by atoms with Crippen molar-refractivity contribution < 1.29 is 18.5 Å². The highest BCUT2D eigenvalue weighted by Crippen LogP contribution is 2.31. The molecule has 0 aliphatic rings. The molecule has 2 rings (SSSR count). The maximum absolute atomic E-state index is 13.2. The number of alkyl carbamates (subject to hydrolysis) is 1. The summed E-state index contributed by atoms with van der Waals surface area (Å²) in [6, 6.07) is 8.36. The molecule has 164 valence electrons. The molecule has 0 saturated heterocycles. The Morgan fingerprint density at radius 3 is 2.40 bits per heavy atom. The molecule has 2 atom stereocenters. The van der Waals surface area contributed by atoms with Gasteiger partial charge in [0, 0.05) is 10.9 Å². The number of rotatable bonds is 6. The molecule has 30 heavy (non-hydrogen) atoms. The second-order valence-corrected chi connectivity index (χ2v) is 10.8. The highest BCUT2D eigenvalue weighted by molar-refractivity contribution is 7.92. The Labute approximate surface area is 182 Å². The van der Waals surface area contributed by atoms with Gasteiger partial charge < -0.3 is 10.1 Å². The third-order valence-corrected chi connectivity index (χ3v) is 6.26. The minimum Gasteiger partial charge on any atom is -0.444 e. The third-order valence-electron chi connectivity index (χ3n) is 3.95. The largest absolute Gasteiger partial charge is 0.444 e. The predicted molar refractivity (Wildman–Crippen MR) is 120 cm³/mol. The van der Waals surface area contributed by atoms with Crippen LogP contribution in [0.1, 0.15) is 41.0 Å². The van der Waals surface area contributed by atoms with E-state index in [1.54, 1.807) is 26.2 Å². The Kier molecular flexibility index (Phi) is 7.79. The molecule has 0 aliphatic heterocycles. The van der Waals surface area contributed by atoms with Crippen LogP contribution in [0.5, 0.6) is 0 Å². The van der Waals surface area contributed by atoms with Crippen molar-refractivity contribution in [1.82, 2.24) is 5.32 Å². The molecule has 1 aromatic carbocycles. The van der Waals surface area contributed by atoms with E-state index in [-0.39, 0.29) is 5.92 Å². The molecular weight excluding hydrogens is 422 g/mol. The lowest BCUT2D eigenvalue weighted by molar-refractivity contribution is -0.120. The van der Waals surface area contributed by atoms with E-state index < -0.39 is 33.6 Å². The van der Waals surface area contributed by atoms with Crippen molar-refractivity contribution in [3.8, 4) is 11.1 Å². The molecule has 0 bridgehead atoms. The fourth-order valence-electron chi connectivity index (χ4n) is 2.73. The zero-order chi connectivity index (χ0) is 22.5. The lowest BCUT2D eigenvalue weighted by atomic mass is 10.0. The number of nitrogens with two attached hydrogens (primary N) is 1. The van der Waals surface area contributed by atoms with Crippen molar-refractivity contribution in [2.45, 2.75) is 57.6 Å². The summed E-state index contributed by atoms with van der Waals surface area (Å²) in [4.78, 5) is 25.3. The van der Waals surface area contributed by atoms with Gasteiger partial charge in [0.15, 0.2) is 0 Å². The SMILES string of the molecule is CC(C)C[C@H](NC(=O)OC(C)(C)C)C(=O)N=S(N)(=O)c1cscc1-c1ccccc1. The van der Waals surface area contributed by atoms with E-state index in [1.165, 1.54) is 11.3 Å². The summed E-state index contributed by atoms with van der Waals surface area (Å²) in [6.45, 7) is 8.99. The van der Waals surface area contributed by atoms with Gasteiger partial charge in [0.05, 0.1) is 4.90 Å². The summed E-state index contributed by atoms with van der Waals surface area (Å²) >= 11 is 1.33. The van der Waals surface area contributed by atoms with Crippen LogP contribution in [0, 0.1) is 5.92 Å². The number of hydrogen-bond acceptors (Lipinski definition) is 5. The molecule has 1 heterocycles. The molecular formula is C21H29N3O4S2. The van der Waals surface area contributed by atoms with Crippen molar-refractivity contribution >= 4 is 33.3 Å². The first kappa shape index (κ1) is 24.0. The standard InChI is InChI=1S/C21H29N3O4S2/c1-14(2)11-17(23-20(26)28-21(3,4)5)19(25)24-30(22,27)18-13-29-12-16(18)15-9-7-6-8-10-15/h6-10,12-14,17H,11H2,1-5H3,(H,23,26)(H2,22,24,25,27)/t17-,30?/m0/s1. The van der Waals surface area contributed by atoms with Gasteiger partial charge in [-0.25, -0.2) is 14.1 Å². The van der Waals surface area contributed by atoms with E-state index in [4.69, 9.17) is 9.88 Å². The fraction of sp³-hybridized carbons (Fsp3) is 0.429. The summed E-state index contributed by atoms with van der Waals surface area (Å²) in [5, 5.41) is 12.0. The lowest BCUT2D eigenvalue weighted by Gasteiger charge is -2.23. The molecule has 7 nitrogen and oxygen atoms in total. The minimum absolute atomic E-state index is 0.0824. The van der Waals surface area contributed by atoms with Crippen LogP contribution in [0.4, 0.5) is 4.79 Å². The summed E-state index contributed by atoms with van der Waals surface area (Å²) in [5.41, 5.74) is 0.792. The maximum Gasteiger partial charge on any atom is 0.408 e. The number of carbonyl (C=O) groups is 2. The highest BCUT2D eigenvalue weighted by Gasteiger charge is 2.27. The van der Waals surface area contributed by atoms with Crippen LogP contribution in [0.2, 0.25) is 0 Å². The van der Waals surface area contributed by atoms with Gasteiger partial charge in [-0.3, -0.25) is 4.79 Å². The van der Waals surface area contributed by atoms with Gasteiger partial charge in [-0.05, 0) is 44.1 Å². The van der Waals surface area contributed by atoms with Crippen LogP contribution in [0.15, 0.2) is 50.4 Å². The first-order valence-electron chi connectivity index (χ1n) is 9.59. The summed E-state index contributed by atoms with van der Waals surface area (Å²) < 4.78 is 22.3. The molecule has 0 radical (unpaired) electrons.